The first kappa shape index (κ1) is 20.0. The van der Waals surface area contributed by atoms with Crippen molar-refractivity contribution in [2.45, 2.75) is 51.2 Å². The molecule has 2 aromatic carbocycles. The van der Waals surface area contributed by atoms with Crippen molar-refractivity contribution in [3.05, 3.63) is 83.6 Å². The van der Waals surface area contributed by atoms with Crippen molar-refractivity contribution in [1.82, 2.24) is 0 Å². The largest absolute Gasteiger partial charge is 0.537 e. The van der Waals surface area contributed by atoms with Gasteiger partial charge < -0.3 is 4.43 Å². The zero-order valence-electron chi connectivity index (χ0n) is 16.5. The molecule has 1 atom stereocenters. The van der Waals surface area contributed by atoms with Crippen LogP contribution in [-0.4, -0.2) is 8.32 Å². The van der Waals surface area contributed by atoms with E-state index in [0.29, 0.717) is 5.76 Å². The third-order valence-corrected chi connectivity index (χ3v) is 9.50. The summed E-state index contributed by atoms with van der Waals surface area (Å²) < 4.78 is 6.28. The highest BCUT2D eigenvalue weighted by molar-refractivity contribution is 6.74. The molecule has 0 spiro atoms. The van der Waals surface area contributed by atoms with Gasteiger partial charge in [-0.05, 0) is 41.8 Å². The van der Waals surface area contributed by atoms with E-state index in [0.717, 1.165) is 6.42 Å². The minimum Gasteiger partial charge on any atom is -0.537 e. The Morgan fingerprint density at radius 3 is 2.08 bits per heavy atom. The molecule has 0 amide bonds. The maximum absolute atomic E-state index is 9.70. The van der Waals surface area contributed by atoms with Gasteiger partial charge in [0.1, 0.15) is 6.07 Å². The Morgan fingerprint density at radius 2 is 1.58 bits per heavy atom. The molecule has 2 aromatic rings. The highest BCUT2D eigenvalue weighted by Crippen LogP contribution is 2.38. The van der Waals surface area contributed by atoms with Gasteiger partial charge in [-0.15, -0.1) is 0 Å². The normalized spacial score (nSPS) is 13.8. The smallest absolute Gasteiger partial charge is 0.251 e. The molecule has 0 saturated heterocycles. The maximum atomic E-state index is 9.70. The van der Waals surface area contributed by atoms with Gasteiger partial charge in [-0.25, -0.2) is 0 Å². The monoisotopic (exact) mass is 363 g/mol. The van der Waals surface area contributed by atoms with Gasteiger partial charge in [0.15, 0.2) is 5.76 Å². The van der Waals surface area contributed by atoms with Gasteiger partial charge in [0.25, 0.3) is 8.32 Å². The summed E-state index contributed by atoms with van der Waals surface area (Å²) in [5.74, 6) is 0.555. The first-order chi connectivity index (χ1) is 12.2. The van der Waals surface area contributed by atoms with Crippen LogP contribution in [0.5, 0.6) is 0 Å². The molecule has 0 saturated carbocycles. The molecular formula is C23H29NOSi. The number of nitrogens with zero attached hydrogens (tertiary/aromatic N) is 1. The van der Waals surface area contributed by atoms with Crippen LogP contribution in [0, 0.1) is 11.3 Å². The lowest BCUT2D eigenvalue weighted by molar-refractivity contribution is 0.399. The molecule has 0 fully saturated rings. The van der Waals surface area contributed by atoms with Crippen molar-refractivity contribution in [1.29, 1.82) is 5.26 Å². The highest BCUT2D eigenvalue weighted by Gasteiger charge is 2.39. The Morgan fingerprint density at radius 1 is 1.04 bits per heavy atom. The Labute approximate surface area is 159 Å². The fourth-order valence-corrected chi connectivity index (χ4v) is 3.52. The SMILES string of the molecule is CC(C)(C)[Si](C)(C)O/C(C#N)=C/C(Cc1ccccc1)c1ccccc1. The van der Waals surface area contributed by atoms with Crippen LogP contribution >= 0.6 is 0 Å². The lowest BCUT2D eigenvalue weighted by Gasteiger charge is -2.36. The second kappa shape index (κ2) is 8.38. The summed E-state index contributed by atoms with van der Waals surface area (Å²) >= 11 is 0. The molecule has 0 aliphatic carbocycles. The standard InChI is InChI=1S/C23H29NOSi/c1-23(2,3)26(4,5)25-22(18-24)17-21(20-14-10-7-11-15-20)16-19-12-8-6-9-13-19/h6-15,17,21H,16H2,1-5H3/b22-17+. The van der Waals surface area contributed by atoms with Gasteiger partial charge in [-0.2, -0.15) is 5.26 Å². The molecule has 2 rings (SSSR count). The zero-order chi connectivity index (χ0) is 19.2. The topological polar surface area (TPSA) is 33.0 Å². The van der Waals surface area contributed by atoms with Crippen molar-refractivity contribution < 1.29 is 4.43 Å². The maximum Gasteiger partial charge on any atom is 0.251 e. The lowest BCUT2D eigenvalue weighted by atomic mass is 9.91. The number of benzene rings is 2. The molecule has 0 heterocycles. The summed E-state index contributed by atoms with van der Waals surface area (Å²) in [7, 11) is -2.04. The first-order valence-corrected chi connectivity index (χ1v) is 12.0. The molecule has 1 unspecified atom stereocenters. The van der Waals surface area contributed by atoms with E-state index in [1.807, 2.05) is 30.3 Å². The number of hydrogen-bond donors (Lipinski definition) is 0. The molecule has 0 aromatic heterocycles. The summed E-state index contributed by atoms with van der Waals surface area (Å²) in [5.41, 5.74) is 2.45. The predicted octanol–water partition coefficient (Wildman–Crippen LogP) is 6.44. The van der Waals surface area contributed by atoms with Gasteiger partial charge in [-0.1, -0.05) is 81.4 Å². The van der Waals surface area contributed by atoms with E-state index in [2.05, 4.69) is 76.3 Å². The number of allylic oxidation sites excluding steroid dienone is 2. The Balaban J connectivity index is 2.35. The molecule has 3 heteroatoms. The summed E-state index contributed by atoms with van der Waals surface area (Å²) in [5, 5.41) is 9.76. The minimum atomic E-state index is -2.04. The van der Waals surface area contributed by atoms with E-state index in [9.17, 15) is 5.26 Å². The van der Waals surface area contributed by atoms with Gasteiger partial charge in [-0.3, -0.25) is 0 Å². The lowest BCUT2D eigenvalue weighted by Crippen LogP contribution is -2.40. The van der Waals surface area contributed by atoms with E-state index in [4.69, 9.17) is 4.43 Å². The van der Waals surface area contributed by atoms with Crippen LogP contribution in [0.1, 0.15) is 37.8 Å². The Hall–Kier alpha value is -2.31. The van der Waals surface area contributed by atoms with Crippen LogP contribution in [-0.2, 0) is 10.8 Å². The third kappa shape index (κ3) is 5.34. The van der Waals surface area contributed by atoms with Crippen molar-refractivity contribution >= 4 is 8.32 Å². The predicted molar refractivity (Wildman–Crippen MR) is 111 cm³/mol. The molecule has 2 nitrogen and oxygen atoms in total. The molecule has 0 bridgehead atoms. The molecule has 0 N–H and O–H groups in total. The van der Waals surface area contributed by atoms with Crippen molar-refractivity contribution in [2.75, 3.05) is 0 Å². The third-order valence-electron chi connectivity index (χ3n) is 5.16. The van der Waals surface area contributed by atoms with Gasteiger partial charge >= 0.3 is 0 Å². The summed E-state index contributed by atoms with van der Waals surface area (Å²) in [6.07, 6.45) is 2.85. The molecule has 136 valence electrons. The van der Waals surface area contributed by atoms with E-state index in [1.165, 1.54) is 11.1 Å². The second-order valence-corrected chi connectivity index (χ2v) is 12.9. The summed E-state index contributed by atoms with van der Waals surface area (Å²) in [6.45, 7) is 10.9. The van der Waals surface area contributed by atoms with E-state index in [1.54, 1.807) is 0 Å². The van der Waals surface area contributed by atoms with Gasteiger partial charge in [0.2, 0.25) is 0 Å². The van der Waals surface area contributed by atoms with Crippen molar-refractivity contribution in [3.63, 3.8) is 0 Å². The van der Waals surface area contributed by atoms with Crippen LogP contribution in [0.3, 0.4) is 0 Å². The number of hydrogen-bond acceptors (Lipinski definition) is 2. The van der Waals surface area contributed by atoms with Gasteiger partial charge in [0, 0.05) is 5.92 Å². The zero-order valence-corrected chi connectivity index (χ0v) is 17.5. The van der Waals surface area contributed by atoms with Crippen molar-refractivity contribution in [3.8, 4) is 6.07 Å². The van der Waals surface area contributed by atoms with Crippen LogP contribution in [0.4, 0.5) is 0 Å². The van der Waals surface area contributed by atoms with Crippen LogP contribution < -0.4 is 0 Å². The van der Waals surface area contributed by atoms with E-state index in [-0.39, 0.29) is 11.0 Å². The molecule has 0 aliphatic heterocycles. The molecule has 0 aliphatic rings. The highest BCUT2D eigenvalue weighted by atomic mass is 28.4. The summed E-state index contributed by atoms with van der Waals surface area (Å²) in [6, 6.07) is 23.0. The molecular weight excluding hydrogens is 334 g/mol. The average molecular weight is 364 g/mol. The second-order valence-electron chi connectivity index (χ2n) is 8.21. The van der Waals surface area contributed by atoms with Gasteiger partial charge in [0.05, 0.1) is 0 Å². The minimum absolute atomic E-state index is 0.0601. The van der Waals surface area contributed by atoms with Crippen LogP contribution in [0.2, 0.25) is 18.1 Å². The van der Waals surface area contributed by atoms with E-state index >= 15 is 0 Å². The molecule has 26 heavy (non-hydrogen) atoms. The van der Waals surface area contributed by atoms with Crippen LogP contribution in [0.15, 0.2) is 72.5 Å². The Bertz CT molecular complexity index is 767. The summed E-state index contributed by atoms with van der Waals surface area (Å²) in [4.78, 5) is 0. The number of nitriles is 1. The quantitative estimate of drug-likeness (QED) is 0.336. The fourth-order valence-electron chi connectivity index (χ4n) is 2.55. The Kier molecular flexibility index (Phi) is 6.45. The average Bonchev–Trinajstić information content (AvgIpc) is 2.61. The van der Waals surface area contributed by atoms with E-state index < -0.39 is 8.32 Å². The first-order valence-electron chi connectivity index (χ1n) is 9.13. The molecule has 0 radical (unpaired) electrons. The number of rotatable bonds is 6. The van der Waals surface area contributed by atoms with Crippen molar-refractivity contribution in [2.24, 2.45) is 0 Å². The fraction of sp³-hybridized carbons (Fsp3) is 0.348. The van der Waals surface area contributed by atoms with Crippen LogP contribution in [0.25, 0.3) is 0 Å².